The highest BCUT2D eigenvalue weighted by molar-refractivity contribution is 5.23. The van der Waals surface area contributed by atoms with Crippen LogP contribution in [0, 0.1) is 5.92 Å². The van der Waals surface area contributed by atoms with Crippen molar-refractivity contribution in [3.63, 3.8) is 0 Å². The van der Waals surface area contributed by atoms with Gasteiger partial charge in [0, 0.05) is 12.4 Å². The molecule has 0 aliphatic carbocycles. The molecule has 0 bridgehead atoms. The molecule has 0 atom stereocenters. The molecular formula is C9H16F2N2. The fourth-order valence-corrected chi connectivity index (χ4v) is 1.16. The zero-order valence-corrected chi connectivity index (χ0v) is 8.30. The number of halogens is 2. The van der Waals surface area contributed by atoms with Gasteiger partial charge in [-0.2, -0.15) is 5.10 Å². The zero-order chi connectivity index (χ0) is 10.4. The van der Waals surface area contributed by atoms with Crippen molar-refractivity contribution in [2.45, 2.75) is 27.2 Å². The van der Waals surface area contributed by atoms with Gasteiger partial charge in [-0.1, -0.05) is 19.9 Å². The summed E-state index contributed by atoms with van der Waals surface area (Å²) < 4.78 is 24.2. The van der Waals surface area contributed by atoms with E-state index in [0.29, 0.717) is 0 Å². The fraction of sp³-hybridized carbons (Fsp3) is 0.667. The molecule has 2 nitrogen and oxygen atoms in total. The van der Waals surface area contributed by atoms with E-state index in [0.717, 1.165) is 5.70 Å². The Morgan fingerprint density at radius 2 is 2.08 bits per heavy atom. The Labute approximate surface area is 77.9 Å². The van der Waals surface area contributed by atoms with Gasteiger partial charge in [0.15, 0.2) is 0 Å². The van der Waals surface area contributed by atoms with Crippen LogP contribution < -0.4 is 0 Å². The van der Waals surface area contributed by atoms with Gasteiger partial charge in [-0.15, -0.1) is 0 Å². The Morgan fingerprint density at radius 1 is 1.54 bits per heavy atom. The van der Waals surface area contributed by atoms with Crippen molar-refractivity contribution >= 4 is 6.72 Å². The molecule has 0 rings (SSSR count). The Kier molecular flexibility index (Phi) is 5.26. The van der Waals surface area contributed by atoms with E-state index in [2.05, 4.69) is 11.8 Å². The lowest BCUT2D eigenvalue weighted by Crippen LogP contribution is -2.25. The summed E-state index contributed by atoms with van der Waals surface area (Å²) in [6.07, 6.45) is -0.610. The number of hydrazone groups is 1. The molecule has 13 heavy (non-hydrogen) atoms. The average molecular weight is 190 g/mol. The van der Waals surface area contributed by atoms with E-state index in [9.17, 15) is 8.78 Å². The second-order valence-corrected chi connectivity index (χ2v) is 2.98. The third-order valence-corrected chi connectivity index (χ3v) is 1.67. The second-order valence-electron chi connectivity index (χ2n) is 2.98. The first-order valence-corrected chi connectivity index (χ1v) is 4.21. The highest BCUT2D eigenvalue weighted by Gasteiger charge is 2.15. The highest BCUT2D eigenvalue weighted by atomic mass is 19.3. The number of rotatable bonds is 5. The number of hydrogen-bond acceptors (Lipinski definition) is 2. The normalized spacial score (nSPS) is 12.4. The maximum atomic E-state index is 12.1. The van der Waals surface area contributed by atoms with Crippen LogP contribution in [0.15, 0.2) is 16.9 Å². The highest BCUT2D eigenvalue weighted by Crippen LogP contribution is 2.16. The molecule has 0 saturated carbocycles. The van der Waals surface area contributed by atoms with Crippen molar-refractivity contribution < 1.29 is 8.78 Å². The molecule has 0 radical (unpaired) electrons. The van der Waals surface area contributed by atoms with Crippen LogP contribution in [0.3, 0.4) is 0 Å². The van der Waals surface area contributed by atoms with E-state index >= 15 is 0 Å². The van der Waals surface area contributed by atoms with Crippen LogP contribution in [0.2, 0.25) is 0 Å². The molecule has 0 aromatic carbocycles. The van der Waals surface area contributed by atoms with E-state index in [-0.39, 0.29) is 12.5 Å². The first kappa shape index (κ1) is 12.1. The van der Waals surface area contributed by atoms with Crippen molar-refractivity contribution in [2.75, 3.05) is 6.54 Å². The van der Waals surface area contributed by atoms with Crippen LogP contribution in [0.5, 0.6) is 0 Å². The fourth-order valence-electron chi connectivity index (χ4n) is 1.16. The van der Waals surface area contributed by atoms with Gasteiger partial charge in [0.05, 0.1) is 0 Å². The van der Waals surface area contributed by atoms with Gasteiger partial charge in [0.2, 0.25) is 0 Å². The van der Waals surface area contributed by atoms with Gasteiger partial charge in [0.25, 0.3) is 6.43 Å². The molecule has 0 aliphatic rings. The first-order valence-electron chi connectivity index (χ1n) is 4.21. The summed E-state index contributed by atoms with van der Waals surface area (Å²) in [5, 5.41) is 4.80. The predicted octanol–water partition coefficient (Wildman–Crippen LogP) is 2.73. The monoisotopic (exact) mass is 190 g/mol. The number of nitrogens with zero attached hydrogens (tertiary/aromatic N) is 2. The van der Waals surface area contributed by atoms with Gasteiger partial charge in [-0.05, 0) is 12.8 Å². The maximum Gasteiger partial charge on any atom is 0.257 e. The Bertz CT molecular complexity index is 188. The van der Waals surface area contributed by atoms with Gasteiger partial charge in [-0.3, -0.25) is 5.01 Å². The molecule has 0 unspecified atom stereocenters. The minimum Gasteiger partial charge on any atom is -0.265 e. The largest absolute Gasteiger partial charge is 0.265 e. The molecule has 0 saturated heterocycles. The van der Waals surface area contributed by atoms with Crippen LogP contribution >= 0.6 is 0 Å². The van der Waals surface area contributed by atoms with Crippen LogP contribution in [-0.2, 0) is 0 Å². The van der Waals surface area contributed by atoms with Crippen molar-refractivity contribution in [3.8, 4) is 0 Å². The third kappa shape index (κ3) is 4.01. The van der Waals surface area contributed by atoms with E-state index < -0.39 is 6.43 Å². The summed E-state index contributed by atoms with van der Waals surface area (Å²) >= 11 is 0. The van der Waals surface area contributed by atoms with E-state index in [4.69, 9.17) is 0 Å². The molecule has 0 amide bonds. The molecule has 0 aromatic rings. The van der Waals surface area contributed by atoms with Crippen molar-refractivity contribution in [1.82, 2.24) is 5.01 Å². The maximum absolute atomic E-state index is 12.1. The van der Waals surface area contributed by atoms with Gasteiger partial charge >= 0.3 is 0 Å². The van der Waals surface area contributed by atoms with Crippen LogP contribution in [0.1, 0.15) is 20.8 Å². The molecule has 0 fully saturated rings. The Balaban J connectivity index is 4.45. The van der Waals surface area contributed by atoms with Crippen molar-refractivity contribution in [2.24, 2.45) is 11.0 Å². The van der Waals surface area contributed by atoms with E-state index in [1.54, 1.807) is 13.0 Å². The number of alkyl halides is 2. The van der Waals surface area contributed by atoms with E-state index in [1.807, 2.05) is 13.8 Å². The van der Waals surface area contributed by atoms with E-state index in [1.165, 1.54) is 5.01 Å². The summed E-state index contributed by atoms with van der Waals surface area (Å²) in [6.45, 7) is 8.54. The first-order chi connectivity index (χ1) is 6.02. The standard InChI is InChI=1S/C9H16F2N2/c1-5-8(7(2)3)13(12-4)6-9(10)11/h5,7,9H,4,6H2,1-3H3/b8-5-. The van der Waals surface area contributed by atoms with Crippen LogP contribution in [-0.4, -0.2) is 24.7 Å². The number of hydrogen-bond donors (Lipinski definition) is 0. The van der Waals surface area contributed by atoms with Crippen molar-refractivity contribution in [3.05, 3.63) is 11.8 Å². The van der Waals surface area contributed by atoms with Crippen molar-refractivity contribution in [1.29, 1.82) is 0 Å². The second kappa shape index (κ2) is 5.67. The number of allylic oxidation sites excluding steroid dienone is 2. The molecule has 0 aromatic heterocycles. The zero-order valence-electron chi connectivity index (χ0n) is 8.30. The molecular weight excluding hydrogens is 174 g/mol. The Morgan fingerprint density at radius 3 is 2.31 bits per heavy atom. The minimum absolute atomic E-state index is 0.175. The third-order valence-electron chi connectivity index (χ3n) is 1.67. The average Bonchev–Trinajstić information content (AvgIpc) is 2.02. The van der Waals surface area contributed by atoms with Gasteiger partial charge < -0.3 is 0 Å². The van der Waals surface area contributed by atoms with Gasteiger partial charge in [0.1, 0.15) is 6.54 Å². The minimum atomic E-state index is -2.39. The predicted molar refractivity (Wildman–Crippen MR) is 50.9 cm³/mol. The lowest BCUT2D eigenvalue weighted by molar-refractivity contribution is 0.101. The smallest absolute Gasteiger partial charge is 0.257 e. The molecule has 0 spiro atoms. The van der Waals surface area contributed by atoms with Gasteiger partial charge in [-0.25, -0.2) is 8.78 Å². The summed E-state index contributed by atoms with van der Waals surface area (Å²) in [6, 6.07) is 0. The molecule has 0 heterocycles. The molecule has 0 N–H and O–H groups in total. The topological polar surface area (TPSA) is 15.6 Å². The summed E-state index contributed by atoms with van der Waals surface area (Å²) in [5.41, 5.74) is 0.773. The summed E-state index contributed by atoms with van der Waals surface area (Å²) in [5.74, 6) is 0.175. The molecule has 4 heteroatoms. The quantitative estimate of drug-likeness (QED) is 0.480. The molecule has 76 valence electrons. The SMILES string of the molecule is C=NN(CC(F)F)/C(=C\C)C(C)C. The lowest BCUT2D eigenvalue weighted by atomic mass is 10.1. The van der Waals surface area contributed by atoms with Crippen LogP contribution in [0.4, 0.5) is 8.78 Å². The van der Waals surface area contributed by atoms with Crippen LogP contribution in [0.25, 0.3) is 0 Å². The Hall–Kier alpha value is -0.930. The summed E-state index contributed by atoms with van der Waals surface area (Å²) in [7, 11) is 0. The summed E-state index contributed by atoms with van der Waals surface area (Å²) in [4.78, 5) is 0. The molecule has 0 aliphatic heterocycles. The lowest BCUT2D eigenvalue weighted by Gasteiger charge is -2.23.